The number of nitrogen functional groups attached to an aromatic ring is 1. The van der Waals surface area contributed by atoms with Gasteiger partial charge < -0.3 is 15.6 Å². The van der Waals surface area contributed by atoms with Crippen molar-refractivity contribution >= 4 is 11.8 Å². The second-order valence-electron chi connectivity index (χ2n) is 6.21. The molecule has 0 radical (unpaired) electrons. The number of hydrogen-bond acceptors (Lipinski definition) is 5. The minimum absolute atomic E-state index is 0.0435. The molecule has 28 heavy (non-hydrogen) atoms. The molecule has 138 valence electrons. The molecule has 0 spiro atoms. The Morgan fingerprint density at radius 1 is 0.893 bits per heavy atom. The molecule has 2 aromatic heterocycles. The Morgan fingerprint density at radius 3 is 2.07 bits per heavy atom. The summed E-state index contributed by atoms with van der Waals surface area (Å²) in [4.78, 5) is 17.4. The van der Waals surface area contributed by atoms with Gasteiger partial charge in [0, 0.05) is 6.20 Å². The van der Waals surface area contributed by atoms with Crippen LogP contribution in [0.2, 0.25) is 0 Å². The number of rotatable bonds is 5. The van der Waals surface area contributed by atoms with Crippen LogP contribution < -0.4 is 11.1 Å². The molecule has 0 atom stereocenters. The number of anilines is 1. The van der Waals surface area contributed by atoms with Crippen LogP contribution in [0.15, 0.2) is 89.6 Å². The molecule has 0 aliphatic rings. The van der Waals surface area contributed by atoms with Crippen LogP contribution in [0.1, 0.15) is 27.5 Å². The van der Waals surface area contributed by atoms with Gasteiger partial charge in [-0.3, -0.25) is 9.78 Å². The van der Waals surface area contributed by atoms with Crippen molar-refractivity contribution in [3.63, 3.8) is 0 Å². The van der Waals surface area contributed by atoms with E-state index in [1.54, 1.807) is 18.3 Å². The van der Waals surface area contributed by atoms with E-state index in [9.17, 15) is 4.79 Å². The SMILES string of the molecule is Nc1onc(-c2ccccn2)c1C(=O)NC(c1ccccc1)c1ccccc1. The van der Waals surface area contributed by atoms with E-state index in [2.05, 4.69) is 15.5 Å². The molecule has 0 aliphatic carbocycles. The van der Waals surface area contributed by atoms with Crippen molar-refractivity contribution in [1.29, 1.82) is 0 Å². The van der Waals surface area contributed by atoms with Gasteiger partial charge in [-0.15, -0.1) is 0 Å². The number of nitrogens with one attached hydrogen (secondary N) is 1. The first kappa shape index (κ1) is 17.5. The minimum atomic E-state index is -0.378. The summed E-state index contributed by atoms with van der Waals surface area (Å²) in [6.45, 7) is 0. The summed E-state index contributed by atoms with van der Waals surface area (Å²) in [5, 5.41) is 6.99. The largest absolute Gasteiger partial charge is 0.367 e. The predicted octanol–water partition coefficient (Wildman–Crippen LogP) is 3.84. The van der Waals surface area contributed by atoms with E-state index >= 15 is 0 Å². The zero-order valence-corrected chi connectivity index (χ0v) is 14.9. The van der Waals surface area contributed by atoms with Crippen molar-refractivity contribution in [2.24, 2.45) is 0 Å². The Hall–Kier alpha value is -3.93. The minimum Gasteiger partial charge on any atom is -0.367 e. The molecule has 0 unspecified atom stereocenters. The van der Waals surface area contributed by atoms with Crippen LogP contribution in [0.25, 0.3) is 11.4 Å². The number of nitrogens with two attached hydrogens (primary N) is 1. The van der Waals surface area contributed by atoms with E-state index in [0.717, 1.165) is 11.1 Å². The van der Waals surface area contributed by atoms with Crippen molar-refractivity contribution in [2.45, 2.75) is 6.04 Å². The molecule has 0 aliphatic heterocycles. The number of amides is 1. The number of aromatic nitrogens is 2. The van der Waals surface area contributed by atoms with Crippen LogP contribution in [0.4, 0.5) is 5.88 Å². The van der Waals surface area contributed by atoms with Gasteiger partial charge in [-0.25, -0.2) is 0 Å². The van der Waals surface area contributed by atoms with Crippen LogP contribution in [-0.4, -0.2) is 16.0 Å². The zero-order valence-electron chi connectivity index (χ0n) is 14.9. The van der Waals surface area contributed by atoms with Gasteiger partial charge in [0.05, 0.1) is 11.7 Å². The first-order valence-electron chi connectivity index (χ1n) is 8.81. The topological polar surface area (TPSA) is 94.0 Å². The van der Waals surface area contributed by atoms with Crippen LogP contribution in [-0.2, 0) is 0 Å². The van der Waals surface area contributed by atoms with Gasteiger partial charge in [-0.05, 0) is 23.3 Å². The maximum atomic E-state index is 13.2. The average molecular weight is 370 g/mol. The molecule has 0 saturated carbocycles. The van der Waals surface area contributed by atoms with Gasteiger partial charge >= 0.3 is 0 Å². The van der Waals surface area contributed by atoms with Crippen LogP contribution in [0.3, 0.4) is 0 Å². The fourth-order valence-corrected chi connectivity index (χ4v) is 3.05. The van der Waals surface area contributed by atoms with E-state index in [4.69, 9.17) is 10.3 Å². The molecule has 2 aromatic carbocycles. The fraction of sp³-hybridized carbons (Fsp3) is 0.0455. The Balaban J connectivity index is 1.71. The summed E-state index contributed by atoms with van der Waals surface area (Å²) in [6, 6.07) is 24.5. The van der Waals surface area contributed by atoms with Crippen LogP contribution >= 0.6 is 0 Å². The number of carbonyl (C=O) groups is 1. The highest BCUT2D eigenvalue weighted by Gasteiger charge is 2.26. The lowest BCUT2D eigenvalue weighted by Crippen LogP contribution is -2.30. The Morgan fingerprint density at radius 2 is 1.50 bits per heavy atom. The highest BCUT2D eigenvalue weighted by atomic mass is 16.5. The Labute approximate surface area is 162 Å². The molecule has 3 N–H and O–H groups in total. The molecular formula is C22H18N4O2. The summed E-state index contributed by atoms with van der Waals surface area (Å²) in [7, 11) is 0. The molecule has 4 rings (SSSR count). The quantitative estimate of drug-likeness (QED) is 0.557. The van der Waals surface area contributed by atoms with Gasteiger partial charge in [0.15, 0.2) is 0 Å². The van der Waals surface area contributed by atoms with Crippen molar-refractivity contribution < 1.29 is 9.32 Å². The van der Waals surface area contributed by atoms with Gasteiger partial charge in [-0.2, -0.15) is 0 Å². The molecule has 1 amide bonds. The first-order chi connectivity index (χ1) is 13.7. The van der Waals surface area contributed by atoms with Gasteiger partial charge in [0.2, 0.25) is 5.88 Å². The van der Waals surface area contributed by atoms with E-state index < -0.39 is 0 Å². The Kier molecular flexibility index (Phi) is 4.84. The third-order valence-corrected chi connectivity index (χ3v) is 4.39. The van der Waals surface area contributed by atoms with Crippen LogP contribution in [0, 0.1) is 0 Å². The molecule has 4 aromatic rings. The third kappa shape index (κ3) is 3.48. The van der Waals surface area contributed by atoms with Gasteiger partial charge in [0.25, 0.3) is 5.91 Å². The third-order valence-electron chi connectivity index (χ3n) is 4.39. The maximum Gasteiger partial charge on any atom is 0.259 e. The van der Waals surface area contributed by atoms with E-state index in [-0.39, 0.29) is 23.4 Å². The van der Waals surface area contributed by atoms with Crippen molar-refractivity contribution in [3.05, 3.63) is 102 Å². The zero-order chi connectivity index (χ0) is 19.3. The summed E-state index contributed by atoms with van der Waals surface area (Å²) < 4.78 is 5.09. The van der Waals surface area contributed by atoms with Crippen molar-refractivity contribution in [1.82, 2.24) is 15.5 Å². The fourth-order valence-electron chi connectivity index (χ4n) is 3.05. The monoisotopic (exact) mass is 370 g/mol. The molecule has 2 heterocycles. The normalized spacial score (nSPS) is 10.8. The van der Waals surface area contributed by atoms with E-state index in [1.165, 1.54) is 0 Å². The number of hydrogen-bond donors (Lipinski definition) is 2. The summed E-state index contributed by atoms with van der Waals surface area (Å²) >= 11 is 0. The van der Waals surface area contributed by atoms with Gasteiger partial charge in [0.1, 0.15) is 11.3 Å². The predicted molar refractivity (Wildman–Crippen MR) is 106 cm³/mol. The Bertz CT molecular complexity index is 1020. The summed E-state index contributed by atoms with van der Waals surface area (Å²) in [5.41, 5.74) is 8.83. The lowest BCUT2D eigenvalue weighted by molar-refractivity contribution is 0.0944. The van der Waals surface area contributed by atoms with Crippen molar-refractivity contribution in [3.8, 4) is 11.4 Å². The first-order valence-corrected chi connectivity index (χ1v) is 8.81. The smallest absolute Gasteiger partial charge is 0.259 e. The van der Waals surface area contributed by atoms with E-state index in [1.807, 2.05) is 66.7 Å². The van der Waals surface area contributed by atoms with E-state index in [0.29, 0.717) is 11.4 Å². The molecule has 6 nitrogen and oxygen atoms in total. The highest BCUT2D eigenvalue weighted by molar-refractivity contribution is 6.03. The molecule has 0 bridgehead atoms. The second kappa shape index (κ2) is 7.75. The molecular weight excluding hydrogens is 352 g/mol. The average Bonchev–Trinajstić information content (AvgIpc) is 3.15. The lowest BCUT2D eigenvalue weighted by Gasteiger charge is -2.20. The maximum absolute atomic E-state index is 13.2. The molecule has 0 saturated heterocycles. The molecule has 6 heteroatoms. The van der Waals surface area contributed by atoms with Gasteiger partial charge in [-0.1, -0.05) is 71.9 Å². The number of nitrogens with zero attached hydrogens (tertiary/aromatic N) is 2. The second-order valence-corrected chi connectivity index (χ2v) is 6.21. The van der Waals surface area contributed by atoms with Crippen LogP contribution in [0.5, 0.6) is 0 Å². The van der Waals surface area contributed by atoms with Crippen molar-refractivity contribution in [2.75, 3.05) is 5.73 Å². The number of benzene rings is 2. The highest BCUT2D eigenvalue weighted by Crippen LogP contribution is 2.28. The summed E-state index contributed by atoms with van der Waals surface area (Å²) in [5.74, 6) is -0.421. The standard InChI is InChI=1S/C22H18N4O2/c23-21-18(20(26-28-21)17-13-7-8-14-24-17)22(27)25-19(15-9-3-1-4-10-15)16-11-5-2-6-12-16/h1-14,19H,23H2,(H,25,27). The number of pyridine rings is 1. The summed E-state index contributed by atoms with van der Waals surface area (Å²) in [6.07, 6.45) is 1.62. The lowest BCUT2D eigenvalue weighted by atomic mass is 9.98. The molecule has 0 fully saturated rings. The number of carbonyl (C=O) groups excluding carboxylic acids is 1.